The maximum absolute atomic E-state index is 14.2. The zero-order chi connectivity index (χ0) is 14.1. The topological polar surface area (TPSA) is 29.5 Å². The fourth-order valence-electron chi connectivity index (χ4n) is 2.74. The van der Waals surface area contributed by atoms with E-state index in [2.05, 4.69) is 13.8 Å². The first-order chi connectivity index (χ1) is 8.86. The molecule has 1 aliphatic rings. The lowest BCUT2D eigenvalue weighted by atomic mass is 9.69. The number of ether oxygens (including phenoxy) is 1. The van der Waals surface area contributed by atoms with Gasteiger partial charge in [0.25, 0.3) is 0 Å². The molecule has 0 atom stereocenters. The lowest BCUT2D eigenvalue weighted by molar-refractivity contribution is -0.0331. The quantitative estimate of drug-likeness (QED) is 0.895. The standard InChI is InChI=1S/C16H23FO2/c1-4-19-12-5-6-13(14(17)11-12)16(18)9-7-15(2,3)8-10-16/h5-6,11,18H,4,7-10H2,1-3H3. The van der Waals surface area contributed by atoms with Crippen LogP contribution in [0, 0.1) is 11.2 Å². The molecule has 3 heteroatoms. The zero-order valence-electron chi connectivity index (χ0n) is 12.0. The molecule has 2 rings (SSSR count). The maximum Gasteiger partial charge on any atom is 0.132 e. The van der Waals surface area contributed by atoms with Crippen LogP contribution in [0.25, 0.3) is 0 Å². The van der Waals surface area contributed by atoms with Gasteiger partial charge in [0.2, 0.25) is 0 Å². The molecule has 1 saturated carbocycles. The van der Waals surface area contributed by atoms with Crippen molar-refractivity contribution in [3.05, 3.63) is 29.6 Å². The van der Waals surface area contributed by atoms with Crippen LogP contribution in [-0.4, -0.2) is 11.7 Å². The van der Waals surface area contributed by atoms with Crippen molar-refractivity contribution in [2.24, 2.45) is 5.41 Å². The van der Waals surface area contributed by atoms with E-state index >= 15 is 0 Å². The van der Waals surface area contributed by atoms with Crippen molar-refractivity contribution in [2.75, 3.05) is 6.61 Å². The average Bonchev–Trinajstić information content (AvgIpc) is 2.34. The summed E-state index contributed by atoms with van der Waals surface area (Å²) in [6, 6.07) is 4.77. The summed E-state index contributed by atoms with van der Waals surface area (Å²) in [4.78, 5) is 0. The van der Waals surface area contributed by atoms with Crippen LogP contribution in [0.5, 0.6) is 5.75 Å². The van der Waals surface area contributed by atoms with Crippen LogP contribution in [0.3, 0.4) is 0 Å². The van der Waals surface area contributed by atoms with Crippen molar-refractivity contribution < 1.29 is 14.2 Å². The Morgan fingerprint density at radius 2 is 1.84 bits per heavy atom. The van der Waals surface area contributed by atoms with Gasteiger partial charge in [0.15, 0.2) is 0 Å². The van der Waals surface area contributed by atoms with Gasteiger partial charge in [0.05, 0.1) is 12.2 Å². The largest absolute Gasteiger partial charge is 0.494 e. The first-order valence-corrected chi connectivity index (χ1v) is 7.01. The Hall–Kier alpha value is -1.09. The highest BCUT2D eigenvalue weighted by molar-refractivity contribution is 5.33. The smallest absolute Gasteiger partial charge is 0.132 e. The van der Waals surface area contributed by atoms with Gasteiger partial charge in [-0.3, -0.25) is 0 Å². The molecule has 0 spiro atoms. The summed E-state index contributed by atoms with van der Waals surface area (Å²) < 4.78 is 19.4. The number of benzene rings is 1. The second-order valence-corrected chi connectivity index (χ2v) is 6.27. The molecular weight excluding hydrogens is 243 g/mol. The van der Waals surface area contributed by atoms with Crippen molar-refractivity contribution in [2.45, 2.75) is 52.1 Å². The Balaban J connectivity index is 2.22. The van der Waals surface area contributed by atoms with Gasteiger partial charge in [-0.1, -0.05) is 13.8 Å². The Labute approximate surface area is 114 Å². The minimum Gasteiger partial charge on any atom is -0.494 e. The van der Waals surface area contributed by atoms with E-state index < -0.39 is 5.60 Å². The van der Waals surface area contributed by atoms with E-state index in [0.29, 0.717) is 30.8 Å². The van der Waals surface area contributed by atoms with E-state index in [-0.39, 0.29) is 11.2 Å². The number of hydrogen-bond donors (Lipinski definition) is 1. The molecule has 0 radical (unpaired) electrons. The Kier molecular flexibility index (Phi) is 3.86. The third-order valence-electron chi connectivity index (χ3n) is 4.18. The number of hydrogen-bond acceptors (Lipinski definition) is 2. The Bertz CT molecular complexity index is 444. The SMILES string of the molecule is CCOc1ccc(C2(O)CCC(C)(C)CC2)c(F)c1. The maximum atomic E-state index is 14.2. The van der Waals surface area contributed by atoms with Gasteiger partial charge < -0.3 is 9.84 Å². The van der Waals surface area contributed by atoms with E-state index in [1.165, 1.54) is 6.07 Å². The predicted molar refractivity (Wildman–Crippen MR) is 73.7 cm³/mol. The van der Waals surface area contributed by atoms with E-state index in [1.807, 2.05) is 6.92 Å². The molecule has 2 nitrogen and oxygen atoms in total. The average molecular weight is 266 g/mol. The highest BCUT2D eigenvalue weighted by Crippen LogP contribution is 2.45. The van der Waals surface area contributed by atoms with Crippen LogP contribution >= 0.6 is 0 Å². The van der Waals surface area contributed by atoms with Crippen LogP contribution in [0.4, 0.5) is 4.39 Å². The third kappa shape index (κ3) is 3.08. The van der Waals surface area contributed by atoms with E-state index in [1.54, 1.807) is 12.1 Å². The Morgan fingerprint density at radius 3 is 2.37 bits per heavy atom. The molecule has 0 heterocycles. The van der Waals surface area contributed by atoms with Crippen molar-refractivity contribution in [3.63, 3.8) is 0 Å². The first-order valence-electron chi connectivity index (χ1n) is 7.01. The number of aliphatic hydroxyl groups is 1. The number of rotatable bonds is 3. The van der Waals surface area contributed by atoms with Gasteiger partial charge in [0, 0.05) is 11.6 Å². The van der Waals surface area contributed by atoms with Crippen LogP contribution in [0.2, 0.25) is 0 Å². The van der Waals surface area contributed by atoms with E-state index in [0.717, 1.165) is 12.8 Å². The van der Waals surface area contributed by atoms with E-state index in [4.69, 9.17) is 4.74 Å². The highest BCUT2D eigenvalue weighted by atomic mass is 19.1. The van der Waals surface area contributed by atoms with Gasteiger partial charge in [0.1, 0.15) is 11.6 Å². The van der Waals surface area contributed by atoms with Gasteiger partial charge in [-0.25, -0.2) is 4.39 Å². The first kappa shape index (κ1) is 14.3. The summed E-state index contributed by atoms with van der Waals surface area (Å²) in [6.45, 7) is 6.77. The van der Waals surface area contributed by atoms with Crippen molar-refractivity contribution >= 4 is 0 Å². The summed E-state index contributed by atoms with van der Waals surface area (Å²) in [5, 5.41) is 10.7. The molecule has 0 amide bonds. The van der Waals surface area contributed by atoms with Crippen LogP contribution < -0.4 is 4.74 Å². The number of halogens is 1. The summed E-state index contributed by atoms with van der Waals surface area (Å²) in [5.41, 5.74) is -0.371. The van der Waals surface area contributed by atoms with Crippen LogP contribution in [0.1, 0.15) is 52.0 Å². The molecule has 1 aromatic rings. The van der Waals surface area contributed by atoms with Gasteiger partial charge in [-0.05, 0) is 50.2 Å². The van der Waals surface area contributed by atoms with Crippen LogP contribution in [0.15, 0.2) is 18.2 Å². The van der Waals surface area contributed by atoms with Crippen molar-refractivity contribution in [1.82, 2.24) is 0 Å². The molecule has 1 aromatic carbocycles. The van der Waals surface area contributed by atoms with E-state index in [9.17, 15) is 9.50 Å². The summed E-state index contributed by atoms with van der Waals surface area (Å²) in [6.07, 6.45) is 3.06. The highest BCUT2D eigenvalue weighted by Gasteiger charge is 2.39. The van der Waals surface area contributed by atoms with Gasteiger partial charge >= 0.3 is 0 Å². The fraction of sp³-hybridized carbons (Fsp3) is 0.625. The second-order valence-electron chi connectivity index (χ2n) is 6.27. The summed E-state index contributed by atoms with van der Waals surface area (Å²) >= 11 is 0. The zero-order valence-corrected chi connectivity index (χ0v) is 12.0. The third-order valence-corrected chi connectivity index (χ3v) is 4.18. The molecule has 106 valence electrons. The molecule has 0 saturated heterocycles. The molecule has 0 bridgehead atoms. The fourth-order valence-corrected chi connectivity index (χ4v) is 2.74. The van der Waals surface area contributed by atoms with Gasteiger partial charge in [-0.2, -0.15) is 0 Å². The molecule has 0 aromatic heterocycles. The predicted octanol–water partition coefficient (Wildman–Crippen LogP) is 4.01. The molecule has 0 unspecified atom stereocenters. The molecule has 19 heavy (non-hydrogen) atoms. The van der Waals surface area contributed by atoms with Crippen molar-refractivity contribution in [3.8, 4) is 5.75 Å². The van der Waals surface area contributed by atoms with Crippen LogP contribution in [-0.2, 0) is 5.60 Å². The molecule has 1 aliphatic carbocycles. The van der Waals surface area contributed by atoms with Crippen molar-refractivity contribution in [1.29, 1.82) is 0 Å². The summed E-state index contributed by atoms with van der Waals surface area (Å²) in [7, 11) is 0. The lowest BCUT2D eigenvalue weighted by Gasteiger charge is -2.40. The molecular formula is C16H23FO2. The second kappa shape index (κ2) is 5.12. The normalized spacial score (nSPS) is 21.1. The monoisotopic (exact) mass is 266 g/mol. The van der Waals surface area contributed by atoms with Gasteiger partial charge in [-0.15, -0.1) is 0 Å². The molecule has 1 fully saturated rings. The lowest BCUT2D eigenvalue weighted by Crippen LogP contribution is -2.35. The Morgan fingerprint density at radius 1 is 1.21 bits per heavy atom. The molecule has 1 N–H and O–H groups in total. The summed E-state index contributed by atoms with van der Waals surface area (Å²) in [5.74, 6) is 0.150. The molecule has 0 aliphatic heterocycles. The minimum absolute atomic E-state index is 0.244. The minimum atomic E-state index is -1.02.